The fourth-order valence-electron chi connectivity index (χ4n) is 9.65. The van der Waals surface area contributed by atoms with Crippen LogP contribution in [0.25, 0.3) is 72.1 Å². The quantitative estimate of drug-likeness (QED) is 0.137. The number of aromatic nitrogens is 5. The number of rotatable bonds is 5. The van der Waals surface area contributed by atoms with Gasteiger partial charge in [0, 0.05) is 39.2 Å². The van der Waals surface area contributed by atoms with E-state index in [1.807, 2.05) is 54.7 Å². The summed E-state index contributed by atoms with van der Waals surface area (Å²) >= 11 is 0. The Bertz CT molecular complexity index is 2430. The van der Waals surface area contributed by atoms with Crippen molar-refractivity contribution in [2.75, 3.05) is 0 Å². The predicted octanol–water partition coefficient (Wildman–Crippen LogP) is 10.7. The fraction of sp³-hybridized carbons (Fsp3) is 0.227. The lowest BCUT2D eigenvalue weighted by molar-refractivity contribution is -0.00518. The van der Waals surface area contributed by atoms with E-state index in [-0.39, 0.29) is 0 Å². The molecule has 0 radical (unpaired) electrons. The number of fused-ring (bicyclic) bond motifs is 3. The van der Waals surface area contributed by atoms with Gasteiger partial charge in [0.2, 0.25) is 0 Å². The monoisotopic (exact) mass is 646 g/mol. The minimum atomic E-state index is 0.386. The normalized spacial score (nSPS) is 22.2. The fourth-order valence-corrected chi connectivity index (χ4v) is 9.65. The predicted molar refractivity (Wildman–Crippen MR) is 198 cm³/mol. The maximum absolute atomic E-state index is 7.37. The maximum Gasteiger partial charge on any atom is 0.187 e. The Balaban J connectivity index is 1.07. The first kappa shape index (κ1) is 29.1. The van der Waals surface area contributed by atoms with Crippen LogP contribution < -0.4 is 0 Å². The van der Waals surface area contributed by atoms with Gasteiger partial charge in [0.1, 0.15) is 0 Å². The Morgan fingerprint density at radius 3 is 1.90 bits per heavy atom. The molecule has 6 nitrogen and oxygen atoms in total. The second kappa shape index (κ2) is 11.4. The molecule has 3 aromatic heterocycles. The van der Waals surface area contributed by atoms with Gasteiger partial charge in [0.25, 0.3) is 0 Å². The van der Waals surface area contributed by atoms with Gasteiger partial charge in [-0.1, -0.05) is 91.0 Å². The molecule has 4 aromatic carbocycles. The first-order chi connectivity index (χ1) is 24.6. The molecule has 4 fully saturated rings. The average Bonchev–Trinajstić information content (AvgIpc) is 3.17. The Morgan fingerprint density at radius 1 is 0.580 bits per heavy atom. The van der Waals surface area contributed by atoms with E-state index < -0.39 is 0 Å². The van der Waals surface area contributed by atoms with Crippen LogP contribution in [-0.4, -0.2) is 24.9 Å². The van der Waals surface area contributed by atoms with Crippen LogP contribution in [0.3, 0.4) is 0 Å². The maximum atomic E-state index is 7.37. The average molecular weight is 647 g/mol. The van der Waals surface area contributed by atoms with Gasteiger partial charge in [0.15, 0.2) is 23.2 Å². The van der Waals surface area contributed by atoms with Crippen molar-refractivity contribution in [1.29, 1.82) is 0 Å². The molecule has 4 aliphatic rings. The molecule has 50 heavy (non-hydrogen) atoms. The van der Waals surface area contributed by atoms with Crippen molar-refractivity contribution in [1.82, 2.24) is 24.9 Å². The van der Waals surface area contributed by atoms with Crippen LogP contribution in [0.5, 0.6) is 0 Å². The molecule has 4 saturated carbocycles. The largest absolute Gasteiger partial charge is 0.254 e. The van der Waals surface area contributed by atoms with Gasteiger partial charge < -0.3 is 0 Å². The molecular weight excluding hydrogens is 613 g/mol. The van der Waals surface area contributed by atoms with Crippen molar-refractivity contribution in [3.63, 3.8) is 0 Å². The topological polar surface area (TPSA) is 68.8 Å². The van der Waals surface area contributed by atoms with Crippen molar-refractivity contribution < 1.29 is 0 Å². The smallest absolute Gasteiger partial charge is 0.187 e. The summed E-state index contributed by atoms with van der Waals surface area (Å²) < 4.78 is 0. The van der Waals surface area contributed by atoms with E-state index in [4.69, 9.17) is 31.5 Å². The van der Waals surface area contributed by atoms with Crippen molar-refractivity contribution >= 4 is 27.5 Å². The molecular formula is C44H34N6. The van der Waals surface area contributed by atoms with E-state index in [0.29, 0.717) is 28.6 Å². The van der Waals surface area contributed by atoms with Crippen LogP contribution in [0.15, 0.2) is 115 Å². The van der Waals surface area contributed by atoms with Gasteiger partial charge in [-0.25, -0.2) is 24.8 Å². The van der Waals surface area contributed by atoms with Crippen LogP contribution in [-0.2, 0) is 5.41 Å². The van der Waals surface area contributed by atoms with E-state index in [1.165, 1.54) is 44.1 Å². The molecule has 0 N–H and O–H groups in total. The summed E-state index contributed by atoms with van der Waals surface area (Å²) in [6.07, 6.45) is 10.3. The van der Waals surface area contributed by atoms with Crippen molar-refractivity contribution in [3.8, 4) is 45.4 Å². The Hall–Kier alpha value is -5.80. The van der Waals surface area contributed by atoms with E-state index in [2.05, 4.69) is 53.4 Å². The second-order valence-corrected chi connectivity index (χ2v) is 14.7. The highest BCUT2D eigenvalue weighted by Crippen LogP contribution is 2.60. The molecule has 4 aliphatic carbocycles. The first-order valence-corrected chi connectivity index (χ1v) is 17.7. The molecule has 0 amide bonds. The Kier molecular flexibility index (Phi) is 6.64. The third kappa shape index (κ3) is 4.88. The lowest BCUT2D eigenvalue weighted by atomic mass is 9.48. The van der Waals surface area contributed by atoms with Crippen molar-refractivity contribution in [2.45, 2.75) is 43.9 Å². The number of benzene rings is 4. The van der Waals surface area contributed by atoms with Crippen LogP contribution in [0.4, 0.5) is 5.69 Å². The standard InChI is InChI=1S/C44H34N6/c1-45-35-16-11-32(12-17-35)42-48-41(31-6-3-2-4-7-31)49-43(50-42)37-23-33-13-18-38(47-39(33)40-36(37)8-5-19-46-40)30-9-14-34(15-10-30)44-24-27-20-28(25-44)22-29(21-27)26-44/h2-19,23,27-29H,20-22,24-26H2. The number of nitrogens with zero attached hydrogens (tertiary/aromatic N) is 6. The summed E-state index contributed by atoms with van der Waals surface area (Å²) in [7, 11) is 0. The zero-order valence-corrected chi connectivity index (χ0v) is 27.6. The lowest BCUT2D eigenvalue weighted by Gasteiger charge is -2.57. The minimum Gasteiger partial charge on any atom is -0.254 e. The van der Waals surface area contributed by atoms with Crippen LogP contribution in [0.1, 0.15) is 44.1 Å². The molecule has 0 aliphatic heterocycles. The van der Waals surface area contributed by atoms with E-state index in [9.17, 15) is 0 Å². The molecule has 0 saturated heterocycles. The van der Waals surface area contributed by atoms with E-state index >= 15 is 0 Å². The van der Waals surface area contributed by atoms with Gasteiger partial charge in [-0.15, -0.1) is 0 Å². The molecule has 0 spiro atoms. The Labute approximate surface area is 291 Å². The Morgan fingerprint density at radius 2 is 1.22 bits per heavy atom. The van der Waals surface area contributed by atoms with Gasteiger partial charge in [0.05, 0.1) is 23.3 Å². The molecule has 11 rings (SSSR count). The van der Waals surface area contributed by atoms with Crippen molar-refractivity contribution in [2.24, 2.45) is 17.8 Å². The summed E-state index contributed by atoms with van der Waals surface area (Å²) in [4.78, 5) is 28.5. The number of pyridine rings is 2. The highest BCUT2D eigenvalue weighted by atomic mass is 15.0. The van der Waals surface area contributed by atoms with Gasteiger partial charge in [-0.05, 0) is 85.5 Å². The second-order valence-electron chi connectivity index (χ2n) is 14.7. The van der Waals surface area contributed by atoms with E-state index in [1.54, 1.807) is 12.1 Å². The zero-order chi connectivity index (χ0) is 33.2. The highest BCUT2D eigenvalue weighted by Gasteiger charge is 2.51. The molecule has 7 aromatic rings. The third-order valence-electron chi connectivity index (χ3n) is 11.5. The van der Waals surface area contributed by atoms with Gasteiger partial charge >= 0.3 is 0 Å². The third-order valence-corrected chi connectivity index (χ3v) is 11.5. The molecule has 3 heterocycles. The summed E-state index contributed by atoms with van der Waals surface area (Å²) in [5.74, 6) is 4.49. The van der Waals surface area contributed by atoms with Crippen LogP contribution in [0, 0.1) is 24.3 Å². The molecule has 4 bridgehead atoms. The van der Waals surface area contributed by atoms with Gasteiger partial charge in [-0.2, -0.15) is 0 Å². The summed E-state index contributed by atoms with van der Waals surface area (Å²) in [5.41, 5.74) is 8.84. The van der Waals surface area contributed by atoms with Crippen LogP contribution in [0.2, 0.25) is 0 Å². The number of hydrogen-bond donors (Lipinski definition) is 0. The molecule has 240 valence electrons. The summed E-state index contributed by atoms with van der Waals surface area (Å²) in [6, 6.07) is 37.1. The molecule has 0 unspecified atom stereocenters. The summed E-state index contributed by atoms with van der Waals surface area (Å²) in [5, 5.41) is 1.91. The summed E-state index contributed by atoms with van der Waals surface area (Å²) in [6.45, 7) is 7.37. The highest BCUT2D eigenvalue weighted by molar-refractivity contribution is 6.10. The number of hydrogen-bond acceptors (Lipinski definition) is 5. The molecule has 0 atom stereocenters. The van der Waals surface area contributed by atoms with Crippen molar-refractivity contribution in [3.05, 3.63) is 132 Å². The van der Waals surface area contributed by atoms with Gasteiger partial charge in [-0.3, -0.25) is 4.98 Å². The zero-order valence-electron chi connectivity index (χ0n) is 27.6. The first-order valence-electron chi connectivity index (χ1n) is 17.7. The lowest BCUT2D eigenvalue weighted by Crippen LogP contribution is -2.48. The van der Waals surface area contributed by atoms with E-state index in [0.717, 1.165) is 67.5 Å². The SMILES string of the molecule is [C-]#[N+]c1ccc(-c2nc(-c3ccccc3)nc(-c3cc4ccc(-c5ccc(C67CC8CC(CC(C8)C6)C7)cc5)nc4c4ncccc34)n2)cc1. The molecule has 6 heteroatoms. The minimum absolute atomic E-state index is 0.386. The van der Waals surface area contributed by atoms with Crippen LogP contribution >= 0.6 is 0 Å².